The largest absolute Gasteiger partial charge is 0.492 e. The Labute approximate surface area is 128 Å². The first-order valence-corrected chi connectivity index (χ1v) is 8.18. The van der Waals surface area contributed by atoms with Crippen molar-refractivity contribution in [1.82, 2.24) is 0 Å². The first kappa shape index (κ1) is 16.9. The molecule has 0 saturated carbocycles. The standard InChI is InChI=1S/C18H25ClO/c1-2-3-4-5-6-7-10-16-20-18-14-9-8-12-17(18)13-11-15-19/h8-9,12,14H,2-7,10,15-16H2,1H3. The Kier molecular flexibility index (Phi) is 9.88. The van der Waals surface area contributed by atoms with E-state index in [1.54, 1.807) is 0 Å². The van der Waals surface area contributed by atoms with Crippen LogP contribution in [0.3, 0.4) is 0 Å². The number of rotatable bonds is 9. The predicted molar refractivity (Wildman–Crippen MR) is 87.5 cm³/mol. The first-order valence-electron chi connectivity index (χ1n) is 7.65. The third-order valence-electron chi connectivity index (χ3n) is 3.18. The minimum absolute atomic E-state index is 0.353. The maximum atomic E-state index is 5.82. The molecule has 1 rings (SSSR count). The molecular formula is C18H25ClO. The zero-order valence-corrected chi connectivity index (χ0v) is 13.2. The van der Waals surface area contributed by atoms with E-state index in [1.807, 2.05) is 24.3 Å². The van der Waals surface area contributed by atoms with E-state index in [0.717, 1.165) is 24.3 Å². The summed E-state index contributed by atoms with van der Waals surface area (Å²) in [5, 5.41) is 0. The van der Waals surface area contributed by atoms with Crippen LogP contribution in [0.5, 0.6) is 5.75 Å². The molecule has 1 nitrogen and oxygen atoms in total. The van der Waals surface area contributed by atoms with E-state index < -0.39 is 0 Å². The fraction of sp³-hybridized carbons (Fsp3) is 0.556. The minimum atomic E-state index is 0.353. The van der Waals surface area contributed by atoms with Gasteiger partial charge >= 0.3 is 0 Å². The van der Waals surface area contributed by atoms with Crippen molar-refractivity contribution in [3.8, 4) is 17.6 Å². The van der Waals surface area contributed by atoms with E-state index in [0.29, 0.717) is 5.88 Å². The molecule has 0 saturated heterocycles. The van der Waals surface area contributed by atoms with Crippen LogP contribution >= 0.6 is 11.6 Å². The normalized spacial score (nSPS) is 9.90. The highest BCUT2D eigenvalue weighted by Crippen LogP contribution is 2.17. The van der Waals surface area contributed by atoms with Gasteiger partial charge in [-0.1, -0.05) is 69.4 Å². The number of ether oxygens (including phenoxy) is 1. The summed E-state index contributed by atoms with van der Waals surface area (Å²) in [6.45, 7) is 3.02. The van der Waals surface area contributed by atoms with Gasteiger partial charge < -0.3 is 4.74 Å². The highest BCUT2D eigenvalue weighted by atomic mass is 35.5. The molecule has 110 valence electrons. The Morgan fingerprint density at radius 3 is 2.45 bits per heavy atom. The monoisotopic (exact) mass is 292 g/mol. The van der Waals surface area contributed by atoms with E-state index in [1.165, 1.54) is 38.5 Å². The summed E-state index contributed by atoms with van der Waals surface area (Å²) in [5.41, 5.74) is 0.927. The fourth-order valence-electron chi connectivity index (χ4n) is 2.07. The van der Waals surface area contributed by atoms with Crippen molar-refractivity contribution >= 4 is 11.6 Å². The van der Waals surface area contributed by atoms with Crippen LogP contribution in [0.4, 0.5) is 0 Å². The molecule has 0 aliphatic heterocycles. The molecule has 2 heteroatoms. The molecule has 0 aromatic heterocycles. The average molecular weight is 293 g/mol. The summed E-state index contributed by atoms with van der Waals surface area (Å²) in [7, 11) is 0. The Bertz CT molecular complexity index is 417. The van der Waals surface area contributed by atoms with Gasteiger partial charge in [0.25, 0.3) is 0 Å². The quantitative estimate of drug-likeness (QED) is 0.336. The van der Waals surface area contributed by atoms with Gasteiger partial charge in [-0.25, -0.2) is 0 Å². The lowest BCUT2D eigenvalue weighted by Gasteiger charge is -2.08. The van der Waals surface area contributed by atoms with Crippen LogP contribution < -0.4 is 4.74 Å². The van der Waals surface area contributed by atoms with E-state index in [4.69, 9.17) is 16.3 Å². The van der Waals surface area contributed by atoms with Crippen molar-refractivity contribution in [3.05, 3.63) is 29.8 Å². The Balaban J connectivity index is 2.21. The van der Waals surface area contributed by atoms with Crippen LogP contribution in [0.25, 0.3) is 0 Å². The second-order valence-electron chi connectivity index (χ2n) is 4.90. The van der Waals surface area contributed by atoms with Crippen LogP contribution in [0.15, 0.2) is 24.3 Å². The van der Waals surface area contributed by atoms with Gasteiger partial charge in [-0.2, -0.15) is 0 Å². The number of alkyl halides is 1. The lowest BCUT2D eigenvalue weighted by molar-refractivity contribution is 0.303. The molecule has 1 aromatic carbocycles. The summed E-state index contributed by atoms with van der Waals surface area (Å²) in [4.78, 5) is 0. The number of hydrogen-bond donors (Lipinski definition) is 0. The van der Waals surface area contributed by atoms with E-state index in [2.05, 4.69) is 18.8 Å². The number of para-hydroxylation sites is 1. The van der Waals surface area contributed by atoms with Gasteiger partial charge in [0, 0.05) is 0 Å². The number of benzene rings is 1. The lowest BCUT2D eigenvalue weighted by Crippen LogP contribution is -1.99. The maximum absolute atomic E-state index is 5.82. The lowest BCUT2D eigenvalue weighted by atomic mass is 10.1. The molecule has 1 aromatic rings. The average Bonchev–Trinajstić information content (AvgIpc) is 2.49. The van der Waals surface area contributed by atoms with Gasteiger partial charge in [-0.05, 0) is 18.6 Å². The molecule has 0 unspecified atom stereocenters. The van der Waals surface area contributed by atoms with Crippen molar-refractivity contribution in [1.29, 1.82) is 0 Å². The van der Waals surface area contributed by atoms with Crippen molar-refractivity contribution in [2.75, 3.05) is 12.5 Å². The molecule has 0 aliphatic carbocycles. The molecule has 0 aliphatic rings. The Morgan fingerprint density at radius 2 is 1.70 bits per heavy atom. The summed E-state index contributed by atoms with van der Waals surface area (Å²) >= 11 is 5.59. The number of hydrogen-bond acceptors (Lipinski definition) is 1. The molecule has 0 fully saturated rings. The first-order chi connectivity index (χ1) is 9.88. The highest BCUT2D eigenvalue weighted by molar-refractivity contribution is 6.19. The fourth-order valence-corrected chi connectivity index (χ4v) is 2.13. The molecule has 0 spiro atoms. The third-order valence-corrected chi connectivity index (χ3v) is 3.32. The SMILES string of the molecule is CCCCCCCCCOc1ccccc1C#CCCl. The second-order valence-corrected chi connectivity index (χ2v) is 5.17. The van der Waals surface area contributed by atoms with Crippen LogP contribution in [-0.4, -0.2) is 12.5 Å². The third kappa shape index (κ3) is 7.46. The van der Waals surface area contributed by atoms with Crippen molar-refractivity contribution in [2.24, 2.45) is 0 Å². The zero-order chi connectivity index (χ0) is 14.5. The molecule has 0 amide bonds. The maximum Gasteiger partial charge on any atom is 0.134 e. The van der Waals surface area contributed by atoms with Crippen molar-refractivity contribution in [2.45, 2.75) is 51.9 Å². The Morgan fingerprint density at radius 1 is 1.00 bits per heavy atom. The van der Waals surface area contributed by atoms with Gasteiger partial charge in [0.1, 0.15) is 5.75 Å². The number of halogens is 1. The molecule has 0 radical (unpaired) electrons. The van der Waals surface area contributed by atoms with Crippen LogP contribution in [0, 0.1) is 11.8 Å². The number of unbranched alkanes of at least 4 members (excludes halogenated alkanes) is 6. The van der Waals surface area contributed by atoms with Crippen molar-refractivity contribution < 1.29 is 4.74 Å². The second kappa shape index (κ2) is 11.7. The summed E-state index contributed by atoms with van der Waals surface area (Å²) in [6, 6.07) is 7.89. The molecular weight excluding hydrogens is 268 g/mol. The van der Waals surface area contributed by atoms with Gasteiger partial charge in [0.05, 0.1) is 18.1 Å². The van der Waals surface area contributed by atoms with Gasteiger partial charge in [-0.3, -0.25) is 0 Å². The molecule has 0 heterocycles. The van der Waals surface area contributed by atoms with Gasteiger partial charge in [-0.15, -0.1) is 11.6 Å². The molecule has 0 atom stereocenters. The summed E-state index contributed by atoms with van der Waals surface area (Å²) in [6.07, 6.45) is 9.08. The van der Waals surface area contributed by atoms with E-state index in [-0.39, 0.29) is 0 Å². The summed E-state index contributed by atoms with van der Waals surface area (Å²) in [5.74, 6) is 7.13. The van der Waals surface area contributed by atoms with E-state index >= 15 is 0 Å². The summed E-state index contributed by atoms with van der Waals surface area (Å²) < 4.78 is 5.82. The minimum Gasteiger partial charge on any atom is -0.492 e. The van der Waals surface area contributed by atoms with Crippen molar-refractivity contribution in [3.63, 3.8) is 0 Å². The highest BCUT2D eigenvalue weighted by Gasteiger charge is 1.99. The smallest absolute Gasteiger partial charge is 0.134 e. The predicted octanol–water partition coefficient (Wildman–Crippen LogP) is 5.41. The zero-order valence-electron chi connectivity index (χ0n) is 12.5. The van der Waals surface area contributed by atoms with Gasteiger partial charge in [0.15, 0.2) is 0 Å². The van der Waals surface area contributed by atoms with Crippen LogP contribution in [0.2, 0.25) is 0 Å². The molecule has 0 bridgehead atoms. The van der Waals surface area contributed by atoms with Gasteiger partial charge in [0.2, 0.25) is 0 Å². The molecule has 0 N–H and O–H groups in total. The van der Waals surface area contributed by atoms with Crippen LogP contribution in [0.1, 0.15) is 57.4 Å². The Hall–Kier alpha value is -1.13. The van der Waals surface area contributed by atoms with Crippen LogP contribution in [-0.2, 0) is 0 Å². The van der Waals surface area contributed by atoms with E-state index in [9.17, 15) is 0 Å². The molecule has 20 heavy (non-hydrogen) atoms. The topological polar surface area (TPSA) is 9.23 Å².